The van der Waals surface area contributed by atoms with Gasteiger partial charge in [-0.3, -0.25) is 9.59 Å². The Labute approximate surface area is 200 Å². The van der Waals surface area contributed by atoms with E-state index in [1.807, 2.05) is 30.3 Å². The van der Waals surface area contributed by atoms with Crippen LogP contribution < -0.4 is 15.5 Å². The summed E-state index contributed by atoms with van der Waals surface area (Å²) in [6.07, 6.45) is 1.27. The van der Waals surface area contributed by atoms with Gasteiger partial charge < -0.3 is 10.1 Å². The zero-order chi connectivity index (χ0) is 23.8. The molecule has 2 N–H and O–H groups in total. The Kier molecular flexibility index (Phi) is 8.40. The highest BCUT2D eigenvalue weighted by molar-refractivity contribution is 6.35. The molecule has 0 saturated heterocycles. The largest absolute Gasteiger partial charge is 0.488 e. The molecule has 0 saturated carbocycles. The van der Waals surface area contributed by atoms with Crippen molar-refractivity contribution in [2.45, 2.75) is 19.6 Å². The highest BCUT2D eigenvalue weighted by Crippen LogP contribution is 2.25. The van der Waals surface area contributed by atoms with Crippen molar-refractivity contribution in [2.75, 3.05) is 0 Å². The fraction of sp³-hybridized carbons (Fsp3) is 0.125. The first-order valence-electron chi connectivity index (χ1n) is 9.89. The van der Waals surface area contributed by atoms with Crippen LogP contribution in [-0.4, -0.2) is 18.0 Å². The van der Waals surface area contributed by atoms with Gasteiger partial charge in [0.1, 0.15) is 18.2 Å². The topological polar surface area (TPSA) is 79.8 Å². The van der Waals surface area contributed by atoms with Gasteiger partial charge in [0.05, 0.1) is 17.3 Å². The summed E-state index contributed by atoms with van der Waals surface area (Å²) in [5, 5.41) is 7.04. The van der Waals surface area contributed by atoms with Gasteiger partial charge in [0.2, 0.25) is 0 Å². The number of rotatable bonds is 7. The summed E-state index contributed by atoms with van der Waals surface area (Å²) in [6, 6.07) is 17.9. The third-order valence-corrected chi connectivity index (χ3v) is 5.22. The smallest absolute Gasteiger partial charge is 0.329 e. The molecule has 0 radical (unpaired) electrons. The molecule has 170 valence electrons. The van der Waals surface area contributed by atoms with E-state index >= 15 is 0 Å². The summed E-state index contributed by atoms with van der Waals surface area (Å²) in [6.45, 7) is 1.64. The van der Waals surface area contributed by atoms with Gasteiger partial charge in [0.25, 0.3) is 0 Å². The van der Waals surface area contributed by atoms with Gasteiger partial charge in [-0.05, 0) is 42.8 Å². The van der Waals surface area contributed by atoms with E-state index in [-0.39, 0.29) is 23.2 Å². The molecule has 0 unspecified atom stereocenters. The van der Waals surface area contributed by atoms with Crippen molar-refractivity contribution < 1.29 is 18.7 Å². The lowest BCUT2D eigenvalue weighted by atomic mass is 10.1. The van der Waals surface area contributed by atoms with Gasteiger partial charge in [0, 0.05) is 16.1 Å². The van der Waals surface area contributed by atoms with Crippen LogP contribution in [0.1, 0.15) is 29.7 Å². The Hall–Kier alpha value is -3.42. The molecule has 1 atom stereocenters. The van der Waals surface area contributed by atoms with Gasteiger partial charge in [-0.2, -0.15) is 5.10 Å². The first kappa shape index (κ1) is 24.2. The quantitative estimate of drug-likeness (QED) is 0.278. The number of nitrogens with zero attached hydrogens (tertiary/aromatic N) is 1. The van der Waals surface area contributed by atoms with E-state index in [1.54, 1.807) is 31.2 Å². The highest BCUT2D eigenvalue weighted by Gasteiger charge is 2.16. The summed E-state index contributed by atoms with van der Waals surface area (Å²) in [4.78, 5) is 24.2. The summed E-state index contributed by atoms with van der Waals surface area (Å²) in [7, 11) is 0. The number of benzene rings is 3. The average Bonchev–Trinajstić information content (AvgIpc) is 2.80. The van der Waals surface area contributed by atoms with Crippen molar-refractivity contribution in [2.24, 2.45) is 5.10 Å². The van der Waals surface area contributed by atoms with Crippen LogP contribution in [0.2, 0.25) is 10.0 Å². The normalized spacial score (nSPS) is 11.8. The first-order chi connectivity index (χ1) is 15.8. The molecule has 0 heterocycles. The van der Waals surface area contributed by atoms with Crippen LogP contribution in [0, 0.1) is 5.82 Å². The van der Waals surface area contributed by atoms with E-state index in [4.69, 9.17) is 27.9 Å². The average molecular weight is 488 g/mol. The van der Waals surface area contributed by atoms with Crippen molar-refractivity contribution in [1.82, 2.24) is 10.7 Å². The number of carbonyl (C=O) groups is 2. The molecule has 0 fully saturated rings. The van der Waals surface area contributed by atoms with Crippen molar-refractivity contribution in [3.63, 3.8) is 0 Å². The predicted octanol–water partition coefficient (Wildman–Crippen LogP) is 5.04. The van der Waals surface area contributed by atoms with Crippen LogP contribution >= 0.6 is 23.2 Å². The zero-order valence-corrected chi connectivity index (χ0v) is 19.0. The molecule has 3 rings (SSSR count). The van der Waals surface area contributed by atoms with E-state index < -0.39 is 17.6 Å². The highest BCUT2D eigenvalue weighted by atomic mass is 35.5. The lowest BCUT2D eigenvalue weighted by molar-refractivity contribution is -0.139. The molecule has 0 aromatic heterocycles. The van der Waals surface area contributed by atoms with Crippen LogP contribution in [0.3, 0.4) is 0 Å². The molecule has 6 nitrogen and oxygen atoms in total. The lowest BCUT2D eigenvalue weighted by Crippen LogP contribution is -2.39. The second kappa shape index (κ2) is 11.4. The molecule has 3 aromatic rings. The maximum absolute atomic E-state index is 14.0. The number of amides is 2. The van der Waals surface area contributed by atoms with Crippen LogP contribution in [-0.2, 0) is 16.2 Å². The maximum Gasteiger partial charge on any atom is 0.329 e. The Bertz CT molecular complexity index is 1150. The van der Waals surface area contributed by atoms with Gasteiger partial charge in [-0.1, -0.05) is 59.6 Å². The van der Waals surface area contributed by atoms with E-state index in [2.05, 4.69) is 15.8 Å². The van der Waals surface area contributed by atoms with Crippen molar-refractivity contribution in [3.05, 3.63) is 99.3 Å². The second-order valence-electron chi connectivity index (χ2n) is 6.98. The van der Waals surface area contributed by atoms with Crippen LogP contribution in [0.5, 0.6) is 5.75 Å². The van der Waals surface area contributed by atoms with Crippen LogP contribution in [0.15, 0.2) is 71.8 Å². The number of hydrazone groups is 1. The Morgan fingerprint density at radius 2 is 1.82 bits per heavy atom. The fourth-order valence-corrected chi connectivity index (χ4v) is 3.27. The van der Waals surface area contributed by atoms with Gasteiger partial charge in [-0.25, -0.2) is 9.82 Å². The van der Waals surface area contributed by atoms with E-state index in [0.717, 1.165) is 5.56 Å². The molecule has 0 aliphatic rings. The molecule has 0 aliphatic heterocycles. The van der Waals surface area contributed by atoms with E-state index in [9.17, 15) is 14.0 Å². The monoisotopic (exact) mass is 487 g/mol. The number of hydrogen-bond donors (Lipinski definition) is 2. The standard InChI is InChI=1S/C24H20Cl2FN3O3/c1-15(16-6-3-2-4-7-16)29-23(31)24(32)30-28-13-17-12-18(25)10-11-22(17)33-14-19-20(26)8-5-9-21(19)27/h2-13,15H,14H2,1H3,(H,29,31)(H,30,32)/b28-13-/t15-/m1/s1. The minimum Gasteiger partial charge on any atom is -0.488 e. The van der Waals surface area contributed by atoms with Gasteiger partial charge in [-0.15, -0.1) is 0 Å². The van der Waals surface area contributed by atoms with Crippen molar-refractivity contribution >= 4 is 41.2 Å². The van der Waals surface area contributed by atoms with Crippen molar-refractivity contribution in [1.29, 1.82) is 0 Å². The molecule has 0 bridgehead atoms. The number of halogens is 3. The lowest BCUT2D eigenvalue weighted by Gasteiger charge is -2.13. The number of nitrogens with one attached hydrogen (secondary N) is 2. The molecule has 9 heteroatoms. The first-order valence-corrected chi connectivity index (χ1v) is 10.6. The molecular weight excluding hydrogens is 468 g/mol. The molecule has 0 spiro atoms. The third kappa shape index (κ3) is 6.78. The zero-order valence-electron chi connectivity index (χ0n) is 17.5. The Balaban J connectivity index is 1.62. The number of ether oxygens (including phenoxy) is 1. The molecule has 3 aromatic carbocycles. The molecule has 0 aliphatic carbocycles. The summed E-state index contributed by atoms with van der Waals surface area (Å²) < 4.78 is 19.7. The fourth-order valence-electron chi connectivity index (χ4n) is 2.87. The van der Waals surface area contributed by atoms with E-state index in [0.29, 0.717) is 16.3 Å². The van der Waals surface area contributed by atoms with Crippen molar-refractivity contribution in [3.8, 4) is 5.75 Å². The van der Waals surface area contributed by atoms with Crippen LogP contribution in [0.25, 0.3) is 0 Å². The van der Waals surface area contributed by atoms with E-state index in [1.165, 1.54) is 18.3 Å². The molecule has 2 amide bonds. The molecular formula is C24H20Cl2FN3O3. The minimum absolute atomic E-state index is 0.125. The van der Waals surface area contributed by atoms with Gasteiger partial charge >= 0.3 is 11.8 Å². The summed E-state index contributed by atoms with van der Waals surface area (Å²) in [5.74, 6) is -1.93. The summed E-state index contributed by atoms with van der Waals surface area (Å²) >= 11 is 12.1. The maximum atomic E-state index is 14.0. The summed E-state index contributed by atoms with van der Waals surface area (Å²) in [5.41, 5.74) is 3.64. The van der Waals surface area contributed by atoms with Crippen LogP contribution in [0.4, 0.5) is 4.39 Å². The Morgan fingerprint density at radius 1 is 1.06 bits per heavy atom. The molecule has 33 heavy (non-hydrogen) atoms. The second-order valence-corrected chi connectivity index (χ2v) is 7.82. The SMILES string of the molecule is C[C@@H](NC(=O)C(=O)N/N=C\c1cc(Cl)ccc1OCc1c(F)cccc1Cl)c1ccccc1. The van der Waals surface area contributed by atoms with Gasteiger partial charge in [0.15, 0.2) is 0 Å². The third-order valence-electron chi connectivity index (χ3n) is 4.63. The predicted molar refractivity (Wildman–Crippen MR) is 126 cm³/mol. The number of carbonyl (C=O) groups excluding carboxylic acids is 2. The Morgan fingerprint density at radius 3 is 2.55 bits per heavy atom. The minimum atomic E-state index is -0.934. The number of hydrogen-bond acceptors (Lipinski definition) is 4.